The van der Waals surface area contributed by atoms with Crippen LogP contribution in [0.3, 0.4) is 0 Å². The predicted octanol–water partition coefficient (Wildman–Crippen LogP) is 1.05. The summed E-state index contributed by atoms with van der Waals surface area (Å²) in [5, 5.41) is 3.63. The zero-order chi connectivity index (χ0) is 13.0. The number of ether oxygens (including phenoxy) is 1. The first-order valence-electron chi connectivity index (χ1n) is 5.95. The smallest absolute Gasteiger partial charge is 0.258 e. The normalized spacial score (nSPS) is 12.8. The van der Waals surface area contributed by atoms with Gasteiger partial charge in [0.1, 0.15) is 12.4 Å². The number of hydrogen-bond acceptors (Lipinski definition) is 4. The highest BCUT2D eigenvalue weighted by Gasteiger charge is 2.05. The maximum atomic E-state index is 11.8. The quantitative estimate of drug-likeness (QED) is 0.828. The second-order valence-corrected chi connectivity index (χ2v) is 4.21. The molecule has 0 aliphatic heterocycles. The van der Waals surface area contributed by atoms with Crippen molar-refractivity contribution in [1.29, 1.82) is 0 Å². The molecule has 1 unspecified atom stereocenters. The van der Waals surface area contributed by atoms with Gasteiger partial charge in [-0.1, -0.05) is 12.1 Å². The zero-order valence-corrected chi connectivity index (χ0v) is 10.6. The molecule has 1 aromatic heterocycles. The summed E-state index contributed by atoms with van der Waals surface area (Å²) >= 11 is 0. The summed E-state index contributed by atoms with van der Waals surface area (Å²) < 4.78 is 5.58. The number of hydrogen-bond donors (Lipinski definition) is 2. The van der Waals surface area contributed by atoms with Crippen molar-refractivity contribution < 1.29 is 4.74 Å². The van der Waals surface area contributed by atoms with Crippen molar-refractivity contribution in [3.63, 3.8) is 0 Å². The number of benzene rings is 1. The van der Waals surface area contributed by atoms with Crippen LogP contribution < -0.4 is 10.9 Å². The molecule has 0 spiro atoms. The van der Waals surface area contributed by atoms with Crippen molar-refractivity contribution in [2.24, 2.45) is 0 Å². The minimum Gasteiger partial charge on any atom is -0.369 e. The van der Waals surface area contributed by atoms with Gasteiger partial charge in [-0.25, -0.2) is 4.98 Å². The van der Waals surface area contributed by atoms with Gasteiger partial charge in [-0.05, 0) is 26.1 Å². The van der Waals surface area contributed by atoms with Crippen LogP contribution in [0.5, 0.6) is 0 Å². The van der Waals surface area contributed by atoms with Gasteiger partial charge in [-0.2, -0.15) is 0 Å². The summed E-state index contributed by atoms with van der Waals surface area (Å²) in [5.74, 6) is 0.557. The molecule has 2 aromatic rings. The number of likely N-dealkylation sites (N-methyl/N-ethyl adjacent to an activating group) is 1. The summed E-state index contributed by atoms with van der Waals surface area (Å²) in [6.45, 7) is 3.04. The van der Waals surface area contributed by atoms with E-state index >= 15 is 0 Å². The molecule has 0 saturated heterocycles. The minimum atomic E-state index is -0.125. The molecule has 0 aliphatic carbocycles. The summed E-state index contributed by atoms with van der Waals surface area (Å²) in [7, 11) is 1.87. The summed E-state index contributed by atoms with van der Waals surface area (Å²) in [6, 6.07) is 7.27. The lowest BCUT2D eigenvalue weighted by atomic mass is 10.2. The molecule has 5 nitrogen and oxygen atoms in total. The van der Waals surface area contributed by atoms with Crippen LogP contribution >= 0.6 is 0 Å². The van der Waals surface area contributed by atoms with Gasteiger partial charge in [0.25, 0.3) is 5.56 Å². The van der Waals surface area contributed by atoms with Gasteiger partial charge in [-0.3, -0.25) is 4.79 Å². The fourth-order valence-corrected chi connectivity index (χ4v) is 1.77. The first-order valence-corrected chi connectivity index (χ1v) is 5.95. The number of rotatable bonds is 5. The van der Waals surface area contributed by atoms with Crippen LogP contribution in [-0.4, -0.2) is 29.7 Å². The lowest BCUT2D eigenvalue weighted by Gasteiger charge is -2.11. The number of aromatic nitrogens is 2. The molecule has 0 saturated carbocycles. The molecule has 1 atom stereocenters. The lowest BCUT2D eigenvalue weighted by Crippen LogP contribution is -2.24. The van der Waals surface area contributed by atoms with Crippen molar-refractivity contribution >= 4 is 10.9 Å². The number of fused-ring (bicyclic) bond motifs is 1. The second-order valence-electron chi connectivity index (χ2n) is 4.21. The largest absolute Gasteiger partial charge is 0.369 e. The highest BCUT2D eigenvalue weighted by atomic mass is 16.5. The Morgan fingerprint density at radius 3 is 3.00 bits per heavy atom. The van der Waals surface area contributed by atoms with Gasteiger partial charge in [-0.15, -0.1) is 0 Å². The molecule has 18 heavy (non-hydrogen) atoms. The number of nitrogens with zero attached hydrogens (tertiary/aromatic N) is 1. The molecule has 5 heteroatoms. The molecule has 1 aromatic carbocycles. The zero-order valence-electron chi connectivity index (χ0n) is 10.6. The fraction of sp³-hybridized carbons (Fsp3) is 0.385. The maximum absolute atomic E-state index is 11.8. The van der Waals surface area contributed by atoms with Crippen LogP contribution in [0.25, 0.3) is 10.9 Å². The van der Waals surface area contributed by atoms with Gasteiger partial charge < -0.3 is 15.0 Å². The Morgan fingerprint density at radius 1 is 1.44 bits per heavy atom. The van der Waals surface area contributed by atoms with Crippen molar-refractivity contribution in [1.82, 2.24) is 15.3 Å². The van der Waals surface area contributed by atoms with E-state index in [0.29, 0.717) is 23.3 Å². The van der Waals surface area contributed by atoms with E-state index in [1.54, 1.807) is 6.07 Å². The Kier molecular flexibility index (Phi) is 4.07. The van der Waals surface area contributed by atoms with Gasteiger partial charge in [0.2, 0.25) is 0 Å². The molecule has 0 aliphatic rings. The van der Waals surface area contributed by atoms with E-state index in [9.17, 15) is 4.79 Å². The number of H-pyrrole nitrogens is 1. The lowest BCUT2D eigenvalue weighted by molar-refractivity contribution is 0.0504. The second kappa shape index (κ2) is 5.75. The van der Waals surface area contributed by atoms with E-state index in [0.717, 1.165) is 6.54 Å². The van der Waals surface area contributed by atoms with E-state index in [4.69, 9.17) is 4.74 Å². The number of aromatic amines is 1. The highest BCUT2D eigenvalue weighted by Crippen LogP contribution is 2.06. The van der Waals surface area contributed by atoms with Gasteiger partial charge in [0.15, 0.2) is 0 Å². The average Bonchev–Trinajstić information content (AvgIpc) is 2.37. The number of para-hydroxylation sites is 1. The van der Waals surface area contributed by atoms with Crippen molar-refractivity contribution in [3.05, 3.63) is 40.4 Å². The van der Waals surface area contributed by atoms with E-state index in [2.05, 4.69) is 15.3 Å². The Bertz CT molecular complexity index is 580. The topological polar surface area (TPSA) is 67.0 Å². The van der Waals surface area contributed by atoms with Crippen molar-refractivity contribution in [3.8, 4) is 0 Å². The third kappa shape index (κ3) is 2.94. The molecule has 0 radical (unpaired) electrons. The molecule has 0 bridgehead atoms. The monoisotopic (exact) mass is 247 g/mol. The summed E-state index contributed by atoms with van der Waals surface area (Å²) in [5.41, 5.74) is 0.571. The third-order valence-electron chi connectivity index (χ3n) is 2.66. The molecule has 0 amide bonds. The van der Waals surface area contributed by atoms with Crippen LogP contribution in [0.4, 0.5) is 0 Å². The first-order chi connectivity index (χ1) is 8.70. The summed E-state index contributed by atoms with van der Waals surface area (Å²) in [6.07, 6.45) is 0.0757. The van der Waals surface area contributed by atoms with Gasteiger partial charge in [0, 0.05) is 6.54 Å². The van der Waals surface area contributed by atoms with Crippen molar-refractivity contribution in [2.45, 2.75) is 19.6 Å². The predicted molar refractivity (Wildman–Crippen MR) is 70.5 cm³/mol. The molecular weight excluding hydrogens is 230 g/mol. The van der Waals surface area contributed by atoms with Crippen LogP contribution in [0, 0.1) is 0 Å². The standard InChI is InChI=1S/C13H17N3O2/c1-9(7-14-2)18-8-12-15-11-6-4-3-5-10(11)13(17)16-12/h3-6,9,14H,7-8H2,1-2H3,(H,15,16,17). The van der Waals surface area contributed by atoms with E-state index in [-0.39, 0.29) is 11.7 Å². The molecule has 96 valence electrons. The Balaban J connectivity index is 2.17. The Labute approximate surface area is 105 Å². The first kappa shape index (κ1) is 12.7. The van der Waals surface area contributed by atoms with Crippen LogP contribution in [-0.2, 0) is 11.3 Å². The third-order valence-corrected chi connectivity index (χ3v) is 2.66. The van der Waals surface area contributed by atoms with Crippen LogP contribution in [0.15, 0.2) is 29.1 Å². The molecule has 1 heterocycles. The van der Waals surface area contributed by atoms with Crippen LogP contribution in [0.2, 0.25) is 0 Å². The highest BCUT2D eigenvalue weighted by molar-refractivity contribution is 5.77. The average molecular weight is 247 g/mol. The van der Waals surface area contributed by atoms with Crippen LogP contribution in [0.1, 0.15) is 12.7 Å². The fourth-order valence-electron chi connectivity index (χ4n) is 1.77. The minimum absolute atomic E-state index is 0.0757. The van der Waals surface area contributed by atoms with Gasteiger partial charge in [0.05, 0.1) is 17.0 Å². The molecule has 2 N–H and O–H groups in total. The number of nitrogens with one attached hydrogen (secondary N) is 2. The van der Waals surface area contributed by atoms with Gasteiger partial charge >= 0.3 is 0 Å². The molecular formula is C13H17N3O2. The summed E-state index contributed by atoms with van der Waals surface area (Å²) in [4.78, 5) is 18.9. The van der Waals surface area contributed by atoms with E-state index in [1.807, 2.05) is 32.2 Å². The molecule has 0 fully saturated rings. The molecule has 2 rings (SSSR count). The van der Waals surface area contributed by atoms with E-state index < -0.39 is 0 Å². The van der Waals surface area contributed by atoms with E-state index in [1.165, 1.54) is 0 Å². The Morgan fingerprint density at radius 2 is 2.22 bits per heavy atom. The Hall–Kier alpha value is -1.72. The maximum Gasteiger partial charge on any atom is 0.258 e. The van der Waals surface area contributed by atoms with Crippen molar-refractivity contribution in [2.75, 3.05) is 13.6 Å². The SMILES string of the molecule is CNCC(C)OCc1nc2ccccc2c(=O)[nH]1.